The van der Waals surface area contributed by atoms with Gasteiger partial charge in [-0.25, -0.2) is 4.98 Å². The molecule has 2 saturated heterocycles. The highest BCUT2D eigenvalue weighted by Gasteiger charge is 2.32. The van der Waals surface area contributed by atoms with Gasteiger partial charge in [-0.1, -0.05) is 6.42 Å². The number of rotatable bonds is 3. The number of hydrogen-bond acceptors (Lipinski definition) is 5. The highest BCUT2D eigenvalue weighted by atomic mass is 32.2. The Kier molecular flexibility index (Phi) is 5.80. The summed E-state index contributed by atoms with van der Waals surface area (Å²) in [5.41, 5.74) is 2.26. The lowest BCUT2D eigenvalue weighted by Gasteiger charge is -2.31. The summed E-state index contributed by atoms with van der Waals surface area (Å²) in [5.74, 6) is 0.830. The first-order valence-electron chi connectivity index (χ1n) is 9.32. The predicted molar refractivity (Wildman–Crippen MR) is 101 cm³/mol. The van der Waals surface area contributed by atoms with Crippen LogP contribution in [0.2, 0.25) is 0 Å². The molecule has 3 rings (SSSR count). The van der Waals surface area contributed by atoms with Gasteiger partial charge >= 0.3 is 0 Å². The minimum Gasteiger partial charge on any atom is -0.355 e. The molecule has 8 heteroatoms. The molecule has 0 N–H and O–H groups in total. The number of nitriles is 1. The molecule has 1 aromatic heterocycles. The number of pyridine rings is 1. The molecule has 0 saturated carbocycles. The fourth-order valence-corrected chi connectivity index (χ4v) is 5.47. The van der Waals surface area contributed by atoms with Crippen molar-refractivity contribution in [2.45, 2.75) is 39.5 Å². The molecule has 0 spiro atoms. The molecule has 0 unspecified atom stereocenters. The molecule has 142 valence electrons. The van der Waals surface area contributed by atoms with Crippen LogP contribution in [-0.4, -0.2) is 61.3 Å². The average Bonchev–Trinajstić information content (AvgIpc) is 2.89. The molecule has 0 aliphatic carbocycles. The lowest BCUT2D eigenvalue weighted by atomic mass is 10.1. The van der Waals surface area contributed by atoms with E-state index >= 15 is 0 Å². The van der Waals surface area contributed by atoms with Crippen molar-refractivity contribution in [3.63, 3.8) is 0 Å². The fraction of sp³-hybridized carbons (Fsp3) is 0.667. The van der Waals surface area contributed by atoms with Crippen molar-refractivity contribution in [1.82, 2.24) is 13.6 Å². The molecule has 7 nitrogen and oxygen atoms in total. The van der Waals surface area contributed by atoms with E-state index < -0.39 is 10.2 Å². The second-order valence-electron chi connectivity index (χ2n) is 7.08. The molecule has 0 bridgehead atoms. The monoisotopic (exact) mass is 377 g/mol. The van der Waals surface area contributed by atoms with E-state index in [1.807, 2.05) is 19.9 Å². The number of aromatic nitrogens is 1. The van der Waals surface area contributed by atoms with Crippen LogP contribution < -0.4 is 4.90 Å². The fourth-order valence-electron chi connectivity index (χ4n) is 3.75. The summed E-state index contributed by atoms with van der Waals surface area (Å²) in [7, 11) is -3.36. The van der Waals surface area contributed by atoms with Gasteiger partial charge in [0.1, 0.15) is 11.9 Å². The largest absolute Gasteiger partial charge is 0.355 e. The minimum absolute atomic E-state index is 0.471. The standard InChI is InChI=1S/C18H27N5O2S/c1-15-13-18(20-16(2)17(15)14-19)21-7-6-10-23(12-11-21)26(24,25)22-8-4-3-5-9-22/h13H,3-12H2,1-2H3. The molecule has 2 fully saturated rings. The third kappa shape index (κ3) is 3.85. The highest BCUT2D eigenvalue weighted by molar-refractivity contribution is 7.86. The Balaban J connectivity index is 1.73. The molecular formula is C18H27N5O2S. The van der Waals surface area contributed by atoms with Crippen LogP contribution >= 0.6 is 0 Å². The van der Waals surface area contributed by atoms with Crippen LogP contribution in [0.1, 0.15) is 42.5 Å². The van der Waals surface area contributed by atoms with Crippen molar-refractivity contribution >= 4 is 16.0 Å². The summed E-state index contributed by atoms with van der Waals surface area (Å²) in [6, 6.07) is 4.13. The van der Waals surface area contributed by atoms with E-state index in [1.165, 1.54) is 0 Å². The molecule has 2 aliphatic heterocycles. The van der Waals surface area contributed by atoms with Gasteiger partial charge in [0.05, 0.1) is 11.3 Å². The van der Waals surface area contributed by atoms with Crippen LogP contribution in [0.5, 0.6) is 0 Å². The second-order valence-corrected chi connectivity index (χ2v) is 9.01. The summed E-state index contributed by atoms with van der Waals surface area (Å²) >= 11 is 0. The smallest absolute Gasteiger partial charge is 0.282 e. The van der Waals surface area contributed by atoms with E-state index in [9.17, 15) is 13.7 Å². The number of nitrogens with zero attached hydrogens (tertiary/aromatic N) is 5. The van der Waals surface area contributed by atoms with E-state index in [4.69, 9.17) is 0 Å². The number of anilines is 1. The van der Waals surface area contributed by atoms with Crippen molar-refractivity contribution < 1.29 is 8.42 Å². The molecule has 1 aromatic rings. The third-order valence-electron chi connectivity index (χ3n) is 5.24. The van der Waals surface area contributed by atoms with Crippen LogP contribution in [0.4, 0.5) is 5.82 Å². The van der Waals surface area contributed by atoms with Gasteiger partial charge in [-0.2, -0.15) is 22.3 Å². The lowest BCUT2D eigenvalue weighted by molar-refractivity contribution is 0.307. The molecular weight excluding hydrogens is 350 g/mol. The lowest BCUT2D eigenvalue weighted by Crippen LogP contribution is -2.47. The van der Waals surface area contributed by atoms with E-state index in [1.54, 1.807) is 8.61 Å². The van der Waals surface area contributed by atoms with Crippen LogP contribution in [0.25, 0.3) is 0 Å². The van der Waals surface area contributed by atoms with E-state index in [2.05, 4.69) is 16.0 Å². The van der Waals surface area contributed by atoms with Gasteiger partial charge in [0.15, 0.2) is 0 Å². The summed E-state index contributed by atoms with van der Waals surface area (Å²) in [6.45, 7) is 7.44. The number of aryl methyl sites for hydroxylation is 2. The van der Waals surface area contributed by atoms with E-state index in [0.29, 0.717) is 38.3 Å². The van der Waals surface area contributed by atoms with Crippen molar-refractivity contribution in [3.05, 3.63) is 22.9 Å². The van der Waals surface area contributed by atoms with Crippen molar-refractivity contribution in [2.75, 3.05) is 44.2 Å². The van der Waals surface area contributed by atoms with Gasteiger partial charge in [0, 0.05) is 39.3 Å². The molecule has 0 aromatic carbocycles. The third-order valence-corrected chi connectivity index (χ3v) is 7.28. The molecule has 2 aliphatic rings. The summed E-state index contributed by atoms with van der Waals surface area (Å²) in [6.07, 6.45) is 3.79. The Labute approximate surface area is 156 Å². The molecule has 0 radical (unpaired) electrons. The zero-order valence-corrected chi connectivity index (χ0v) is 16.4. The van der Waals surface area contributed by atoms with Gasteiger partial charge in [-0.15, -0.1) is 0 Å². The quantitative estimate of drug-likeness (QED) is 0.802. The van der Waals surface area contributed by atoms with Crippen LogP contribution in [0.3, 0.4) is 0 Å². The van der Waals surface area contributed by atoms with Gasteiger partial charge in [-0.3, -0.25) is 0 Å². The Hall–Kier alpha value is -1.69. The second kappa shape index (κ2) is 7.91. The van der Waals surface area contributed by atoms with Gasteiger partial charge < -0.3 is 4.90 Å². The summed E-state index contributed by atoms with van der Waals surface area (Å²) in [4.78, 5) is 6.70. The zero-order valence-electron chi connectivity index (χ0n) is 15.6. The maximum atomic E-state index is 12.9. The van der Waals surface area contributed by atoms with E-state index in [0.717, 1.165) is 49.3 Å². The molecule has 0 atom stereocenters. The molecule has 3 heterocycles. The number of piperidine rings is 1. The van der Waals surface area contributed by atoms with Crippen LogP contribution in [0, 0.1) is 25.2 Å². The SMILES string of the molecule is Cc1cc(N2CCCN(S(=O)(=O)N3CCCCC3)CC2)nc(C)c1C#N. The predicted octanol–water partition coefficient (Wildman–Crippen LogP) is 1.81. The van der Waals surface area contributed by atoms with Crippen molar-refractivity contribution in [1.29, 1.82) is 5.26 Å². The summed E-state index contributed by atoms with van der Waals surface area (Å²) in [5, 5.41) is 9.21. The molecule has 0 amide bonds. The van der Waals surface area contributed by atoms with Crippen molar-refractivity contribution in [3.8, 4) is 6.07 Å². The Bertz CT molecular complexity index is 773. The Morgan fingerprint density at radius 2 is 1.62 bits per heavy atom. The first-order valence-corrected chi connectivity index (χ1v) is 10.7. The van der Waals surface area contributed by atoms with Crippen LogP contribution in [-0.2, 0) is 10.2 Å². The maximum Gasteiger partial charge on any atom is 0.282 e. The average molecular weight is 378 g/mol. The normalized spacial score (nSPS) is 20.6. The summed E-state index contributed by atoms with van der Waals surface area (Å²) < 4.78 is 29.1. The first-order chi connectivity index (χ1) is 12.4. The van der Waals surface area contributed by atoms with Crippen molar-refractivity contribution in [2.24, 2.45) is 0 Å². The molecule has 26 heavy (non-hydrogen) atoms. The van der Waals surface area contributed by atoms with Crippen LogP contribution in [0.15, 0.2) is 6.07 Å². The Morgan fingerprint density at radius 1 is 0.962 bits per heavy atom. The van der Waals surface area contributed by atoms with Gasteiger partial charge in [0.25, 0.3) is 10.2 Å². The Morgan fingerprint density at radius 3 is 2.27 bits per heavy atom. The topological polar surface area (TPSA) is 80.5 Å². The van der Waals surface area contributed by atoms with E-state index in [-0.39, 0.29) is 0 Å². The van der Waals surface area contributed by atoms with Gasteiger partial charge in [-0.05, 0) is 44.7 Å². The highest BCUT2D eigenvalue weighted by Crippen LogP contribution is 2.22. The minimum atomic E-state index is -3.36. The maximum absolute atomic E-state index is 12.9. The number of hydrogen-bond donors (Lipinski definition) is 0. The first kappa shape index (κ1) is 19.1. The zero-order chi connectivity index (χ0) is 18.7. The van der Waals surface area contributed by atoms with Gasteiger partial charge in [0.2, 0.25) is 0 Å².